The first kappa shape index (κ1) is 18.7. The lowest BCUT2D eigenvalue weighted by Crippen LogP contribution is -2.37. The van der Waals surface area contributed by atoms with Crippen LogP contribution in [0.5, 0.6) is 0 Å². The summed E-state index contributed by atoms with van der Waals surface area (Å²) >= 11 is 1.72. The van der Waals surface area contributed by atoms with Crippen molar-refractivity contribution in [1.29, 1.82) is 0 Å². The van der Waals surface area contributed by atoms with E-state index in [1.807, 2.05) is 51.1 Å². The van der Waals surface area contributed by atoms with E-state index in [4.69, 9.17) is 4.74 Å². The van der Waals surface area contributed by atoms with E-state index >= 15 is 0 Å². The summed E-state index contributed by atoms with van der Waals surface area (Å²) in [7, 11) is 0. The number of rotatable bonds is 5. The van der Waals surface area contributed by atoms with E-state index in [9.17, 15) is 9.59 Å². The Morgan fingerprint density at radius 2 is 1.69 bits per heavy atom. The van der Waals surface area contributed by atoms with E-state index in [-0.39, 0.29) is 11.9 Å². The molecule has 4 heteroatoms. The van der Waals surface area contributed by atoms with Crippen molar-refractivity contribution < 1.29 is 14.3 Å². The Bertz CT molecular complexity index is 772. The van der Waals surface area contributed by atoms with Crippen LogP contribution in [0.25, 0.3) is 0 Å². The minimum atomic E-state index is -0.770. The third-order valence-electron chi connectivity index (χ3n) is 4.75. The topological polar surface area (TPSA) is 43.4 Å². The molecule has 0 radical (unpaired) electrons. The summed E-state index contributed by atoms with van der Waals surface area (Å²) in [5, 5.41) is 0. The molecule has 1 aliphatic heterocycles. The summed E-state index contributed by atoms with van der Waals surface area (Å²) in [5.74, 6) is -0.367. The molecule has 2 unspecified atom stereocenters. The van der Waals surface area contributed by atoms with Crippen LogP contribution in [0.1, 0.15) is 41.0 Å². The van der Waals surface area contributed by atoms with Crippen LogP contribution in [0, 0.1) is 20.8 Å². The summed E-state index contributed by atoms with van der Waals surface area (Å²) in [6, 6.07) is 14.1. The fraction of sp³-hybridized carbons (Fsp3) is 0.364. The highest BCUT2D eigenvalue weighted by Gasteiger charge is 2.39. The average molecular weight is 368 g/mol. The highest BCUT2D eigenvalue weighted by atomic mass is 32.2. The van der Waals surface area contributed by atoms with Crippen molar-refractivity contribution >= 4 is 23.5 Å². The number of carbonyl (C=O) groups excluding carboxylic acids is 2. The maximum absolute atomic E-state index is 12.7. The maximum atomic E-state index is 12.7. The average Bonchev–Trinajstić information content (AvgIpc) is 2.57. The molecule has 3 rings (SSSR count). The van der Waals surface area contributed by atoms with Gasteiger partial charge in [0.15, 0.2) is 5.78 Å². The number of ketones is 1. The number of aryl methyl sites for hydroxylation is 3. The molecule has 0 aromatic heterocycles. The van der Waals surface area contributed by atoms with Gasteiger partial charge in [0, 0.05) is 17.1 Å². The van der Waals surface area contributed by atoms with Crippen LogP contribution < -0.4 is 0 Å². The van der Waals surface area contributed by atoms with Crippen LogP contribution >= 0.6 is 11.8 Å². The van der Waals surface area contributed by atoms with Crippen LogP contribution in [0.15, 0.2) is 47.4 Å². The first-order valence-corrected chi connectivity index (χ1v) is 9.93. The highest BCUT2D eigenvalue weighted by Crippen LogP contribution is 2.33. The zero-order valence-electron chi connectivity index (χ0n) is 15.5. The van der Waals surface area contributed by atoms with Gasteiger partial charge in [-0.25, -0.2) is 0 Å². The van der Waals surface area contributed by atoms with E-state index in [2.05, 4.69) is 12.1 Å². The normalized spacial score (nSPS) is 20.1. The predicted molar refractivity (Wildman–Crippen MR) is 105 cm³/mol. The number of carbonyl (C=O) groups is 2. The number of hydrogen-bond acceptors (Lipinski definition) is 4. The van der Waals surface area contributed by atoms with Crippen LogP contribution in [0.3, 0.4) is 0 Å². The molecule has 0 bridgehead atoms. The Morgan fingerprint density at radius 3 is 2.31 bits per heavy atom. The molecule has 26 heavy (non-hydrogen) atoms. The van der Waals surface area contributed by atoms with E-state index in [0.717, 1.165) is 28.0 Å². The van der Waals surface area contributed by atoms with Gasteiger partial charge in [-0.1, -0.05) is 35.9 Å². The van der Waals surface area contributed by atoms with Gasteiger partial charge < -0.3 is 4.74 Å². The maximum Gasteiger partial charge on any atom is 0.321 e. The zero-order chi connectivity index (χ0) is 18.7. The summed E-state index contributed by atoms with van der Waals surface area (Å²) in [4.78, 5) is 26.5. The standard InChI is InChI=1S/C22H24O3S/c1-14-11-15(2)20(16(3)12-14)21-19(23)13-17(25-22(21)24)9-10-26-18-7-5-4-6-8-18/h4-8,11-12,17,21H,9-10,13H2,1-3H3. The molecule has 0 N–H and O–H groups in total. The highest BCUT2D eigenvalue weighted by molar-refractivity contribution is 7.99. The van der Waals surface area contributed by atoms with Crippen LogP contribution in [0.4, 0.5) is 0 Å². The number of hydrogen-bond donors (Lipinski definition) is 0. The summed E-state index contributed by atoms with van der Waals surface area (Å²) in [6.45, 7) is 5.93. The lowest BCUT2D eigenvalue weighted by atomic mass is 9.83. The zero-order valence-corrected chi connectivity index (χ0v) is 16.3. The van der Waals surface area contributed by atoms with Gasteiger partial charge >= 0.3 is 5.97 Å². The molecule has 1 saturated heterocycles. The Balaban J connectivity index is 1.65. The fourth-order valence-corrected chi connectivity index (χ4v) is 4.62. The van der Waals surface area contributed by atoms with Gasteiger partial charge in [-0.3, -0.25) is 9.59 Å². The Labute approximate surface area is 159 Å². The molecule has 3 nitrogen and oxygen atoms in total. The van der Waals surface area contributed by atoms with Crippen molar-refractivity contribution in [3.05, 3.63) is 64.7 Å². The molecule has 1 fully saturated rings. The summed E-state index contributed by atoms with van der Waals surface area (Å²) < 4.78 is 5.63. The molecular formula is C22H24O3S. The molecule has 0 amide bonds. The minimum absolute atomic E-state index is 0.0222. The Kier molecular flexibility index (Phi) is 5.82. The van der Waals surface area contributed by atoms with E-state index in [0.29, 0.717) is 12.8 Å². The largest absolute Gasteiger partial charge is 0.461 e. The number of esters is 1. The Morgan fingerprint density at radius 1 is 1.04 bits per heavy atom. The Hall–Kier alpha value is -2.07. The second-order valence-electron chi connectivity index (χ2n) is 6.92. The molecule has 0 spiro atoms. The van der Waals surface area contributed by atoms with Crippen molar-refractivity contribution in [2.75, 3.05) is 5.75 Å². The predicted octanol–water partition coefficient (Wildman–Crippen LogP) is 4.76. The van der Waals surface area contributed by atoms with Gasteiger partial charge in [-0.05, 0) is 56.0 Å². The second kappa shape index (κ2) is 8.09. The number of Topliss-reactive ketones (excluding diaryl/α,β-unsaturated/α-hetero) is 1. The van der Waals surface area contributed by atoms with Gasteiger partial charge in [0.2, 0.25) is 0 Å². The third kappa shape index (κ3) is 4.18. The fourth-order valence-electron chi connectivity index (χ4n) is 3.66. The van der Waals surface area contributed by atoms with Crippen molar-refractivity contribution in [2.45, 2.75) is 50.5 Å². The second-order valence-corrected chi connectivity index (χ2v) is 8.09. The first-order chi connectivity index (χ1) is 12.5. The third-order valence-corrected chi connectivity index (χ3v) is 5.79. The van der Waals surface area contributed by atoms with Crippen molar-refractivity contribution in [2.24, 2.45) is 0 Å². The molecular weight excluding hydrogens is 344 g/mol. The number of benzene rings is 2. The number of thioether (sulfide) groups is 1. The molecule has 2 aromatic rings. The van der Waals surface area contributed by atoms with Crippen LogP contribution in [-0.2, 0) is 14.3 Å². The van der Waals surface area contributed by atoms with Gasteiger partial charge in [-0.2, -0.15) is 0 Å². The van der Waals surface area contributed by atoms with Gasteiger partial charge in [0.05, 0.1) is 0 Å². The smallest absolute Gasteiger partial charge is 0.321 e. The van der Waals surface area contributed by atoms with Gasteiger partial charge in [0.1, 0.15) is 12.0 Å². The lowest BCUT2D eigenvalue weighted by molar-refractivity contribution is -0.160. The molecule has 2 atom stereocenters. The van der Waals surface area contributed by atoms with E-state index < -0.39 is 11.9 Å². The SMILES string of the molecule is Cc1cc(C)c(C2C(=O)CC(CCSc3ccccc3)OC2=O)c(C)c1. The summed E-state index contributed by atoms with van der Waals surface area (Å²) in [5.41, 5.74) is 3.92. The van der Waals surface area contributed by atoms with Gasteiger partial charge in [-0.15, -0.1) is 11.8 Å². The molecule has 0 saturated carbocycles. The number of ether oxygens (including phenoxy) is 1. The van der Waals surface area contributed by atoms with Crippen molar-refractivity contribution in [3.63, 3.8) is 0 Å². The first-order valence-electron chi connectivity index (χ1n) is 8.94. The molecule has 1 heterocycles. The molecule has 136 valence electrons. The van der Waals surface area contributed by atoms with E-state index in [1.165, 1.54) is 4.90 Å². The van der Waals surface area contributed by atoms with Gasteiger partial charge in [0.25, 0.3) is 0 Å². The molecule has 1 aliphatic rings. The van der Waals surface area contributed by atoms with Crippen molar-refractivity contribution in [3.8, 4) is 0 Å². The quantitative estimate of drug-likeness (QED) is 0.433. The lowest BCUT2D eigenvalue weighted by Gasteiger charge is -2.29. The molecule has 0 aliphatic carbocycles. The number of cyclic esters (lactones) is 1. The van der Waals surface area contributed by atoms with Crippen LogP contribution in [0.2, 0.25) is 0 Å². The van der Waals surface area contributed by atoms with Crippen molar-refractivity contribution in [1.82, 2.24) is 0 Å². The van der Waals surface area contributed by atoms with Crippen LogP contribution in [-0.4, -0.2) is 23.6 Å². The minimum Gasteiger partial charge on any atom is -0.461 e. The van der Waals surface area contributed by atoms with E-state index in [1.54, 1.807) is 11.8 Å². The monoisotopic (exact) mass is 368 g/mol. The molecule has 2 aromatic carbocycles. The summed E-state index contributed by atoms with van der Waals surface area (Å²) in [6.07, 6.45) is 0.683.